The van der Waals surface area contributed by atoms with Crippen LogP contribution < -0.4 is 16.4 Å². The van der Waals surface area contributed by atoms with Gasteiger partial charge < -0.3 is 11.1 Å². The van der Waals surface area contributed by atoms with Crippen LogP contribution in [0, 0.1) is 0 Å². The maximum atomic E-state index is 13.3. The Morgan fingerprint density at radius 1 is 0.971 bits per heavy atom. The fourth-order valence-electron chi connectivity index (χ4n) is 3.35. The van der Waals surface area contributed by atoms with Crippen molar-refractivity contribution in [2.45, 2.75) is 32.4 Å². The van der Waals surface area contributed by atoms with Crippen LogP contribution in [-0.2, 0) is 11.6 Å². The lowest BCUT2D eigenvalue weighted by Crippen LogP contribution is -2.21. The highest BCUT2D eigenvalue weighted by atomic mass is 19.4. The predicted molar refractivity (Wildman–Crippen MR) is 128 cm³/mol. The van der Waals surface area contributed by atoms with E-state index >= 15 is 0 Å². The van der Waals surface area contributed by atoms with E-state index < -0.39 is 23.2 Å². The van der Waals surface area contributed by atoms with Gasteiger partial charge in [-0.05, 0) is 42.5 Å². The third kappa shape index (κ3) is 5.29. The van der Waals surface area contributed by atoms with Crippen LogP contribution in [0.15, 0.2) is 67.1 Å². The first-order valence-corrected chi connectivity index (χ1v) is 10.7. The number of carbonyl (C=O) groups excluding carboxylic acids is 1. The molecule has 0 aliphatic carbocycles. The second-order valence-corrected chi connectivity index (χ2v) is 8.94. The van der Waals surface area contributed by atoms with Crippen LogP contribution in [0.25, 0.3) is 11.4 Å². The molecule has 0 aliphatic rings. The summed E-state index contributed by atoms with van der Waals surface area (Å²) in [5, 5.41) is 9.88. The van der Waals surface area contributed by atoms with Gasteiger partial charge in [0.1, 0.15) is 18.0 Å². The molecule has 0 saturated heterocycles. The number of aromatic nitrogens is 4. The summed E-state index contributed by atoms with van der Waals surface area (Å²) in [5.74, 6) is 0.704. The van der Waals surface area contributed by atoms with Crippen molar-refractivity contribution in [1.82, 2.24) is 19.3 Å². The molecule has 2 aromatic heterocycles. The molecule has 4 rings (SSSR count). The zero-order valence-corrected chi connectivity index (χ0v) is 19.3. The van der Waals surface area contributed by atoms with E-state index in [9.17, 15) is 18.0 Å². The van der Waals surface area contributed by atoms with Crippen LogP contribution >= 0.6 is 0 Å². The summed E-state index contributed by atoms with van der Waals surface area (Å²) in [5.41, 5.74) is 6.70. The molecule has 2 aromatic carbocycles. The van der Waals surface area contributed by atoms with Crippen molar-refractivity contribution in [3.63, 3.8) is 0 Å². The average Bonchev–Trinajstić information content (AvgIpc) is 3.40. The van der Waals surface area contributed by atoms with Crippen molar-refractivity contribution in [2.75, 3.05) is 16.4 Å². The van der Waals surface area contributed by atoms with E-state index in [1.165, 1.54) is 23.0 Å². The number of hydrogen-bond donors (Lipinski definition) is 3. The minimum absolute atomic E-state index is 0.174. The number of hydrogen-bond acceptors (Lipinski definition) is 4. The molecular formula is C24H24F3N7O. The number of imidazole rings is 1. The molecule has 0 radical (unpaired) electrons. The first-order chi connectivity index (χ1) is 16.4. The Labute approximate surface area is 199 Å². The summed E-state index contributed by atoms with van der Waals surface area (Å²) in [7, 11) is 0. The van der Waals surface area contributed by atoms with Gasteiger partial charge in [0.2, 0.25) is 0 Å². The number of nitrogen functional groups attached to an aromatic ring is 1. The van der Waals surface area contributed by atoms with Crippen LogP contribution in [-0.4, -0.2) is 25.4 Å². The predicted octanol–water partition coefficient (Wildman–Crippen LogP) is 5.60. The Morgan fingerprint density at radius 3 is 2.29 bits per heavy atom. The second-order valence-electron chi connectivity index (χ2n) is 8.94. The number of benzene rings is 2. The third-order valence-corrected chi connectivity index (χ3v) is 5.21. The van der Waals surface area contributed by atoms with Crippen LogP contribution in [0.3, 0.4) is 0 Å². The lowest BCUT2D eigenvalue weighted by atomic mass is 9.92. The highest BCUT2D eigenvalue weighted by molar-refractivity contribution is 5.99. The quantitative estimate of drug-likeness (QED) is 0.352. The molecule has 0 bridgehead atoms. The van der Waals surface area contributed by atoms with Crippen molar-refractivity contribution >= 4 is 23.4 Å². The number of urea groups is 1. The van der Waals surface area contributed by atoms with E-state index in [1.54, 1.807) is 41.2 Å². The molecule has 2 amide bonds. The zero-order chi connectivity index (χ0) is 25.4. The number of nitrogens with two attached hydrogens (primary N) is 1. The van der Waals surface area contributed by atoms with E-state index in [4.69, 9.17) is 5.73 Å². The van der Waals surface area contributed by atoms with E-state index in [1.807, 2.05) is 20.8 Å². The molecule has 0 atom stereocenters. The standard InChI is InChI=1S/C24H24F3N7O/c1-23(2,3)19-12-21(34(32-19)18-6-4-5-15(11-18)24(25,26)27)31-22(35)30-16-7-9-17(10-8-16)33-14-29-13-20(33)28/h4-14H,28H2,1-3H3,(H2,30,31,35). The molecule has 4 aromatic rings. The summed E-state index contributed by atoms with van der Waals surface area (Å²) in [6.07, 6.45) is -1.40. The number of halogens is 3. The largest absolute Gasteiger partial charge is 0.416 e. The van der Waals surface area contributed by atoms with Crippen molar-refractivity contribution in [3.05, 3.63) is 78.4 Å². The van der Waals surface area contributed by atoms with Crippen LogP contribution in [0.5, 0.6) is 0 Å². The topological polar surface area (TPSA) is 103 Å². The first kappa shape index (κ1) is 23.9. The van der Waals surface area contributed by atoms with Crippen molar-refractivity contribution in [1.29, 1.82) is 0 Å². The van der Waals surface area contributed by atoms with Crippen LogP contribution in [0.1, 0.15) is 32.0 Å². The fourth-order valence-corrected chi connectivity index (χ4v) is 3.35. The molecular weight excluding hydrogens is 459 g/mol. The molecule has 0 fully saturated rings. The normalized spacial score (nSPS) is 11.9. The van der Waals surface area contributed by atoms with Gasteiger partial charge in [0.25, 0.3) is 0 Å². The van der Waals surface area contributed by atoms with Crippen molar-refractivity contribution in [2.24, 2.45) is 0 Å². The number of nitrogens with one attached hydrogen (secondary N) is 2. The van der Waals surface area contributed by atoms with Gasteiger partial charge in [0, 0.05) is 22.9 Å². The average molecular weight is 483 g/mol. The minimum Gasteiger partial charge on any atom is -0.383 e. The Morgan fingerprint density at radius 2 is 1.69 bits per heavy atom. The number of amides is 2. The smallest absolute Gasteiger partial charge is 0.383 e. The highest BCUT2D eigenvalue weighted by Crippen LogP contribution is 2.32. The lowest BCUT2D eigenvalue weighted by Gasteiger charge is -2.14. The van der Waals surface area contributed by atoms with Crippen LogP contribution in [0.4, 0.5) is 35.3 Å². The maximum absolute atomic E-state index is 13.3. The number of nitrogens with zero attached hydrogens (tertiary/aromatic N) is 4. The van der Waals surface area contributed by atoms with E-state index in [0.29, 0.717) is 17.2 Å². The monoisotopic (exact) mass is 483 g/mol. The van der Waals surface area contributed by atoms with Gasteiger partial charge in [-0.15, -0.1) is 0 Å². The summed E-state index contributed by atoms with van der Waals surface area (Å²) in [6, 6.07) is 12.8. The van der Waals surface area contributed by atoms with Crippen molar-refractivity contribution < 1.29 is 18.0 Å². The van der Waals surface area contributed by atoms with Gasteiger partial charge in [-0.3, -0.25) is 9.88 Å². The van der Waals surface area contributed by atoms with Gasteiger partial charge in [-0.1, -0.05) is 26.8 Å². The second kappa shape index (κ2) is 8.82. The first-order valence-electron chi connectivity index (χ1n) is 10.7. The minimum atomic E-state index is -4.51. The molecule has 0 aliphatic heterocycles. The van der Waals surface area contributed by atoms with Gasteiger partial charge in [0.15, 0.2) is 0 Å². The molecule has 11 heteroatoms. The van der Waals surface area contributed by atoms with E-state index in [0.717, 1.165) is 17.8 Å². The highest BCUT2D eigenvalue weighted by Gasteiger charge is 2.31. The Hall–Kier alpha value is -4.28. The Kier molecular flexibility index (Phi) is 6.01. The molecule has 8 nitrogen and oxygen atoms in total. The SMILES string of the molecule is CC(C)(C)c1cc(NC(=O)Nc2ccc(-n3cncc3N)cc2)n(-c2cccc(C(F)(F)F)c2)n1. The van der Waals surface area contributed by atoms with E-state index in [-0.39, 0.29) is 11.5 Å². The summed E-state index contributed by atoms with van der Waals surface area (Å²) in [6.45, 7) is 5.76. The molecule has 35 heavy (non-hydrogen) atoms. The summed E-state index contributed by atoms with van der Waals surface area (Å²) < 4.78 is 42.7. The molecule has 2 heterocycles. The fraction of sp³-hybridized carbons (Fsp3) is 0.208. The van der Waals surface area contributed by atoms with E-state index in [2.05, 4.69) is 20.7 Å². The van der Waals surface area contributed by atoms with Gasteiger partial charge in [0.05, 0.1) is 23.1 Å². The summed E-state index contributed by atoms with van der Waals surface area (Å²) >= 11 is 0. The number of rotatable bonds is 4. The number of alkyl halides is 3. The molecule has 0 saturated carbocycles. The van der Waals surface area contributed by atoms with Gasteiger partial charge in [-0.25, -0.2) is 14.5 Å². The zero-order valence-electron chi connectivity index (χ0n) is 19.3. The van der Waals surface area contributed by atoms with Crippen LogP contribution in [0.2, 0.25) is 0 Å². The number of anilines is 3. The molecule has 182 valence electrons. The Bertz CT molecular complexity index is 1350. The van der Waals surface area contributed by atoms with Gasteiger partial charge >= 0.3 is 12.2 Å². The summed E-state index contributed by atoms with van der Waals surface area (Å²) in [4.78, 5) is 16.7. The molecule has 4 N–H and O–H groups in total. The maximum Gasteiger partial charge on any atom is 0.416 e. The Balaban J connectivity index is 1.58. The third-order valence-electron chi connectivity index (χ3n) is 5.21. The van der Waals surface area contributed by atoms with Gasteiger partial charge in [-0.2, -0.15) is 18.3 Å². The molecule has 0 unspecified atom stereocenters. The lowest BCUT2D eigenvalue weighted by molar-refractivity contribution is -0.137. The molecule has 0 spiro atoms. The number of carbonyl (C=O) groups is 1. The van der Waals surface area contributed by atoms with Crippen molar-refractivity contribution in [3.8, 4) is 11.4 Å².